The standard InChI is InChI=1S/C15H25NO2/c1-11-10-15(2,3)16(8-9-17)14-12(11)6-5-7-13(14)18-4/h5,7,11-12,17H,6,8-10H2,1-4H3. The van der Waals surface area contributed by atoms with E-state index in [0.717, 1.165) is 18.6 Å². The fourth-order valence-corrected chi connectivity index (χ4v) is 3.60. The average molecular weight is 251 g/mol. The third-order valence-corrected chi connectivity index (χ3v) is 4.34. The second-order valence-electron chi connectivity index (χ2n) is 6.07. The molecule has 3 heteroatoms. The molecule has 2 aliphatic rings. The second-order valence-corrected chi connectivity index (χ2v) is 6.07. The Morgan fingerprint density at radius 3 is 2.83 bits per heavy atom. The molecular formula is C15H25NO2. The van der Waals surface area contributed by atoms with E-state index in [1.807, 2.05) is 0 Å². The summed E-state index contributed by atoms with van der Waals surface area (Å²) < 4.78 is 5.55. The van der Waals surface area contributed by atoms with Crippen molar-refractivity contribution < 1.29 is 9.84 Å². The van der Waals surface area contributed by atoms with Gasteiger partial charge in [0.15, 0.2) is 0 Å². The van der Waals surface area contributed by atoms with Crippen LogP contribution in [0.25, 0.3) is 0 Å². The van der Waals surface area contributed by atoms with Crippen molar-refractivity contribution in [1.82, 2.24) is 4.90 Å². The Bertz CT molecular complexity index is 371. The SMILES string of the molecule is COC1=C2C(CC=C1)C(C)CC(C)(C)N2CCO. The van der Waals surface area contributed by atoms with Gasteiger partial charge in [-0.25, -0.2) is 0 Å². The number of piperidine rings is 1. The summed E-state index contributed by atoms with van der Waals surface area (Å²) in [5.74, 6) is 2.16. The van der Waals surface area contributed by atoms with E-state index in [0.29, 0.717) is 18.4 Å². The molecule has 1 N–H and O–H groups in total. The zero-order valence-corrected chi connectivity index (χ0v) is 11.9. The summed E-state index contributed by atoms with van der Waals surface area (Å²) in [7, 11) is 1.73. The summed E-state index contributed by atoms with van der Waals surface area (Å²) in [6.45, 7) is 7.72. The molecule has 1 aliphatic carbocycles. The van der Waals surface area contributed by atoms with Crippen molar-refractivity contribution in [2.24, 2.45) is 11.8 Å². The van der Waals surface area contributed by atoms with Crippen molar-refractivity contribution in [1.29, 1.82) is 0 Å². The fraction of sp³-hybridized carbons (Fsp3) is 0.733. The summed E-state index contributed by atoms with van der Waals surface area (Å²) in [6, 6.07) is 0. The Morgan fingerprint density at radius 2 is 2.22 bits per heavy atom. The molecule has 3 nitrogen and oxygen atoms in total. The van der Waals surface area contributed by atoms with Crippen LogP contribution in [0.1, 0.15) is 33.6 Å². The number of aliphatic hydroxyl groups is 1. The molecule has 1 aliphatic heterocycles. The molecule has 2 atom stereocenters. The van der Waals surface area contributed by atoms with Crippen LogP contribution < -0.4 is 0 Å². The van der Waals surface area contributed by atoms with Crippen molar-refractivity contribution in [3.05, 3.63) is 23.6 Å². The van der Waals surface area contributed by atoms with E-state index < -0.39 is 0 Å². The number of ether oxygens (including phenoxy) is 1. The van der Waals surface area contributed by atoms with Crippen LogP contribution >= 0.6 is 0 Å². The number of hydrogen-bond donors (Lipinski definition) is 1. The van der Waals surface area contributed by atoms with Gasteiger partial charge in [-0.3, -0.25) is 0 Å². The van der Waals surface area contributed by atoms with Gasteiger partial charge in [0, 0.05) is 18.0 Å². The number of β-amino-alcohol motifs (C(OH)–C–C–N with tert-alkyl or cyclic N) is 1. The first-order valence-corrected chi connectivity index (χ1v) is 6.84. The number of rotatable bonds is 3. The molecule has 1 heterocycles. The Morgan fingerprint density at radius 1 is 1.50 bits per heavy atom. The van der Waals surface area contributed by atoms with Gasteiger partial charge in [0.1, 0.15) is 5.76 Å². The highest BCUT2D eigenvalue weighted by molar-refractivity contribution is 5.30. The predicted octanol–water partition coefficient (Wildman–Crippen LogP) is 2.53. The third-order valence-electron chi connectivity index (χ3n) is 4.34. The van der Waals surface area contributed by atoms with Crippen LogP contribution in [0.4, 0.5) is 0 Å². The molecule has 2 rings (SSSR count). The summed E-state index contributed by atoms with van der Waals surface area (Å²) >= 11 is 0. The van der Waals surface area contributed by atoms with E-state index in [-0.39, 0.29) is 12.1 Å². The van der Waals surface area contributed by atoms with Gasteiger partial charge < -0.3 is 14.7 Å². The quantitative estimate of drug-likeness (QED) is 0.836. The lowest BCUT2D eigenvalue weighted by atomic mass is 9.72. The van der Waals surface area contributed by atoms with Crippen LogP contribution in [-0.4, -0.2) is 35.8 Å². The molecule has 1 saturated heterocycles. The monoisotopic (exact) mass is 251 g/mol. The molecule has 0 saturated carbocycles. The largest absolute Gasteiger partial charge is 0.495 e. The molecule has 0 aromatic carbocycles. The van der Waals surface area contributed by atoms with Crippen LogP contribution in [0, 0.1) is 11.8 Å². The zero-order chi connectivity index (χ0) is 13.3. The van der Waals surface area contributed by atoms with Crippen molar-refractivity contribution in [2.45, 2.75) is 39.2 Å². The minimum atomic E-state index is 0.0862. The Kier molecular flexibility index (Phi) is 3.71. The number of fused-ring (bicyclic) bond motifs is 1. The summed E-state index contributed by atoms with van der Waals surface area (Å²) in [6.07, 6.45) is 6.52. The van der Waals surface area contributed by atoms with E-state index in [1.54, 1.807) is 7.11 Å². The number of aliphatic hydroxyl groups excluding tert-OH is 1. The van der Waals surface area contributed by atoms with Gasteiger partial charge in [0.2, 0.25) is 0 Å². The number of allylic oxidation sites excluding steroid dienone is 3. The maximum Gasteiger partial charge on any atom is 0.137 e. The second kappa shape index (κ2) is 4.96. The number of nitrogens with zero attached hydrogens (tertiary/aromatic N) is 1. The van der Waals surface area contributed by atoms with Crippen LogP contribution in [0.2, 0.25) is 0 Å². The lowest BCUT2D eigenvalue weighted by Gasteiger charge is -2.52. The summed E-state index contributed by atoms with van der Waals surface area (Å²) in [5, 5.41) is 9.34. The normalized spacial score (nSPS) is 30.4. The Balaban J connectivity index is 2.45. The lowest BCUT2D eigenvalue weighted by molar-refractivity contribution is 0.0367. The van der Waals surface area contributed by atoms with Gasteiger partial charge in [-0.2, -0.15) is 0 Å². The highest BCUT2D eigenvalue weighted by atomic mass is 16.5. The maximum absolute atomic E-state index is 9.34. The van der Waals surface area contributed by atoms with Crippen molar-refractivity contribution >= 4 is 0 Å². The third kappa shape index (κ3) is 2.16. The van der Waals surface area contributed by atoms with Crippen molar-refractivity contribution in [3.8, 4) is 0 Å². The molecular weight excluding hydrogens is 226 g/mol. The molecule has 2 unspecified atom stereocenters. The minimum absolute atomic E-state index is 0.0862. The van der Waals surface area contributed by atoms with E-state index in [4.69, 9.17) is 4.74 Å². The van der Waals surface area contributed by atoms with E-state index in [2.05, 4.69) is 37.8 Å². The summed E-state index contributed by atoms with van der Waals surface area (Å²) in [5.41, 5.74) is 1.38. The van der Waals surface area contributed by atoms with E-state index in [9.17, 15) is 5.11 Å². The van der Waals surface area contributed by atoms with Crippen molar-refractivity contribution in [2.75, 3.05) is 20.3 Å². The average Bonchev–Trinajstić information content (AvgIpc) is 2.33. The van der Waals surface area contributed by atoms with Gasteiger partial charge in [-0.15, -0.1) is 0 Å². The summed E-state index contributed by atoms with van der Waals surface area (Å²) in [4.78, 5) is 2.35. The molecule has 0 amide bonds. The Hall–Kier alpha value is -0.960. The lowest BCUT2D eigenvalue weighted by Crippen LogP contribution is -2.53. The molecule has 0 bridgehead atoms. The molecule has 0 aromatic heterocycles. The molecule has 1 fully saturated rings. The van der Waals surface area contributed by atoms with E-state index >= 15 is 0 Å². The number of likely N-dealkylation sites (tertiary alicyclic amines) is 1. The maximum atomic E-state index is 9.34. The minimum Gasteiger partial charge on any atom is -0.495 e. The van der Waals surface area contributed by atoms with E-state index in [1.165, 1.54) is 5.70 Å². The van der Waals surface area contributed by atoms with Crippen LogP contribution in [0.15, 0.2) is 23.6 Å². The predicted molar refractivity (Wildman–Crippen MR) is 72.9 cm³/mol. The number of hydrogen-bond acceptors (Lipinski definition) is 3. The molecule has 0 radical (unpaired) electrons. The molecule has 102 valence electrons. The van der Waals surface area contributed by atoms with Crippen LogP contribution in [-0.2, 0) is 4.74 Å². The molecule has 0 spiro atoms. The van der Waals surface area contributed by atoms with Gasteiger partial charge in [0.05, 0.1) is 19.4 Å². The van der Waals surface area contributed by atoms with Crippen LogP contribution in [0.5, 0.6) is 0 Å². The highest BCUT2D eigenvalue weighted by Gasteiger charge is 2.43. The van der Waals surface area contributed by atoms with Gasteiger partial charge in [0.25, 0.3) is 0 Å². The molecule has 18 heavy (non-hydrogen) atoms. The number of methoxy groups -OCH3 is 1. The first-order chi connectivity index (χ1) is 8.51. The topological polar surface area (TPSA) is 32.7 Å². The smallest absolute Gasteiger partial charge is 0.137 e. The van der Waals surface area contributed by atoms with Gasteiger partial charge >= 0.3 is 0 Å². The zero-order valence-electron chi connectivity index (χ0n) is 11.9. The van der Waals surface area contributed by atoms with Crippen molar-refractivity contribution in [3.63, 3.8) is 0 Å². The molecule has 0 aromatic rings. The fourth-order valence-electron chi connectivity index (χ4n) is 3.60. The van der Waals surface area contributed by atoms with Gasteiger partial charge in [-0.05, 0) is 38.7 Å². The van der Waals surface area contributed by atoms with Crippen LogP contribution in [0.3, 0.4) is 0 Å². The first kappa shape index (κ1) is 13.5. The Labute approximate surface area is 110 Å². The first-order valence-electron chi connectivity index (χ1n) is 6.84. The highest BCUT2D eigenvalue weighted by Crippen LogP contribution is 2.45. The van der Waals surface area contributed by atoms with Gasteiger partial charge in [-0.1, -0.05) is 13.0 Å².